The molecule has 0 aliphatic carbocycles. The van der Waals surface area contributed by atoms with Crippen LogP contribution in [0.3, 0.4) is 0 Å². The highest BCUT2D eigenvalue weighted by atomic mass is 127. The number of rotatable bonds is 2. The molecule has 23 heavy (non-hydrogen) atoms. The van der Waals surface area contributed by atoms with Gasteiger partial charge in [0.25, 0.3) is 0 Å². The number of nitrogens with one attached hydrogen (secondary N) is 1. The monoisotopic (exact) mass is 419 g/mol. The van der Waals surface area contributed by atoms with Crippen LogP contribution in [-0.4, -0.2) is 53.1 Å². The van der Waals surface area contributed by atoms with Crippen molar-refractivity contribution in [1.82, 2.24) is 19.9 Å². The van der Waals surface area contributed by atoms with E-state index >= 15 is 0 Å². The molecule has 0 unspecified atom stereocenters. The number of H-pyrrole nitrogens is 1. The van der Waals surface area contributed by atoms with Crippen molar-refractivity contribution in [3.05, 3.63) is 40.1 Å². The lowest BCUT2D eigenvalue weighted by Crippen LogP contribution is -2.44. The summed E-state index contributed by atoms with van der Waals surface area (Å²) in [5.41, 5.74) is 4.16. The molecule has 6 heteroatoms. The molecule has 118 valence electrons. The van der Waals surface area contributed by atoms with Crippen molar-refractivity contribution in [2.45, 2.75) is 0 Å². The lowest BCUT2D eigenvalue weighted by Gasteiger charge is -2.34. The lowest BCUT2D eigenvalue weighted by atomic mass is 10.1. The number of imidazole rings is 1. The standard InChI is InChI=1S/C17H18IN5/c1-22-8-10-23(11-9-22)13-4-2-12(3-5-13)16-20-15-14(18)6-7-19-17(15)21-16/h2-7H,8-11H2,1H3,(H,19,20,21). The zero-order valence-electron chi connectivity index (χ0n) is 13.0. The highest BCUT2D eigenvalue weighted by molar-refractivity contribution is 14.1. The molecule has 2 aromatic heterocycles. The Balaban J connectivity index is 1.61. The van der Waals surface area contributed by atoms with E-state index in [1.54, 1.807) is 0 Å². The number of hydrogen-bond acceptors (Lipinski definition) is 4. The van der Waals surface area contributed by atoms with Crippen molar-refractivity contribution >= 4 is 39.4 Å². The summed E-state index contributed by atoms with van der Waals surface area (Å²) in [4.78, 5) is 17.2. The molecule has 0 spiro atoms. The first-order valence-electron chi connectivity index (χ1n) is 7.75. The molecule has 3 heterocycles. The fourth-order valence-corrected chi connectivity index (χ4v) is 3.45. The Morgan fingerprint density at radius 3 is 2.48 bits per heavy atom. The Morgan fingerprint density at radius 2 is 1.78 bits per heavy atom. The van der Waals surface area contributed by atoms with Gasteiger partial charge in [-0.05, 0) is 60.0 Å². The van der Waals surface area contributed by atoms with Gasteiger partial charge in [0, 0.05) is 47.2 Å². The van der Waals surface area contributed by atoms with E-state index in [9.17, 15) is 0 Å². The van der Waals surface area contributed by atoms with E-state index in [2.05, 4.69) is 78.7 Å². The predicted octanol–water partition coefficient (Wildman–Crippen LogP) is 2.98. The molecule has 1 N–H and O–H groups in total. The number of hydrogen-bond donors (Lipinski definition) is 1. The first kappa shape index (κ1) is 14.9. The quantitative estimate of drug-likeness (QED) is 0.649. The van der Waals surface area contributed by atoms with Gasteiger partial charge in [-0.1, -0.05) is 0 Å². The highest BCUT2D eigenvalue weighted by Gasteiger charge is 2.14. The third kappa shape index (κ3) is 2.92. The summed E-state index contributed by atoms with van der Waals surface area (Å²) in [7, 11) is 2.18. The number of benzene rings is 1. The molecule has 0 saturated carbocycles. The van der Waals surface area contributed by atoms with Crippen LogP contribution in [0.4, 0.5) is 5.69 Å². The molecule has 1 aromatic carbocycles. The predicted molar refractivity (Wildman–Crippen MR) is 102 cm³/mol. The van der Waals surface area contributed by atoms with E-state index in [1.807, 2.05) is 12.3 Å². The first-order valence-corrected chi connectivity index (χ1v) is 8.83. The van der Waals surface area contributed by atoms with Crippen LogP contribution in [0, 0.1) is 3.57 Å². The topological polar surface area (TPSA) is 48.1 Å². The normalized spacial score (nSPS) is 16.2. The summed E-state index contributed by atoms with van der Waals surface area (Å²) in [6.45, 7) is 4.41. The van der Waals surface area contributed by atoms with Gasteiger partial charge in [-0.15, -0.1) is 0 Å². The van der Waals surface area contributed by atoms with E-state index in [1.165, 1.54) is 5.69 Å². The van der Waals surface area contributed by atoms with Crippen LogP contribution in [0.15, 0.2) is 36.5 Å². The molecule has 1 saturated heterocycles. The van der Waals surface area contributed by atoms with Gasteiger partial charge in [-0.2, -0.15) is 0 Å². The van der Waals surface area contributed by atoms with E-state index in [0.717, 1.165) is 52.3 Å². The molecular formula is C17H18IN5. The van der Waals surface area contributed by atoms with E-state index < -0.39 is 0 Å². The van der Waals surface area contributed by atoms with Crippen LogP contribution >= 0.6 is 22.6 Å². The van der Waals surface area contributed by atoms with E-state index in [-0.39, 0.29) is 0 Å². The van der Waals surface area contributed by atoms with Gasteiger partial charge in [-0.25, -0.2) is 9.97 Å². The molecular weight excluding hydrogens is 401 g/mol. The Bertz CT molecular complexity index is 819. The molecule has 1 aliphatic heterocycles. The average molecular weight is 419 g/mol. The number of likely N-dealkylation sites (N-methyl/N-ethyl adjacent to an activating group) is 1. The minimum absolute atomic E-state index is 0.843. The summed E-state index contributed by atoms with van der Waals surface area (Å²) in [6.07, 6.45) is 1.81. The number of fused-ring (bicyclic) bond motifs is 1. The Hall–Kier alpha value is -1.67. The molecule has 3 aromatic rings. The van der Waals surface area contributed by atoms with Gasteiger partial charge in [0.1, 0.15) is 11.3 Å². The zero-order chi connectivity index (χ0) is 15.8. The van der Waals surface area contributed by atoms with Gasteiger partial charge in [-0.3, -0.25) is 0 Å². The second-order valence-corrected chi connectivity index (χ2v) is 7.07. The minimum atomic E-state index is 0.843. The van der Waals surface area contributed by atoms with Gasteiger partial charge >= 0.3 is 0 Å². The zero-order valence-corrected chi connectivity index (χ0v) is 15.1. The third-order valence-corrected chi connectivity index (χ3v) is 5.22. The number of aromatic nitrogens is 3. The minimum Gasteiger partial charge on any atom is -0.369 e. The number of nitrogens with zero attached hydrogens (tertiary/aromatic N) is 4. The maximum Gasteiger partial charge on any atom is 0.158 e. The molecule has 0 amide bonds. The van der Waals surface area contributed by atoms with Crippen molar-refractivity contribution in [2.24, 2.45) is 0 Å². The summed E-state index contributed by atoms with van der Waals surface area (Å²) < 4.78 is 1.11. The molecule has 0 bridgehead atoms. The number of pyridine rings is 1. The van der Waals surface area contributed by atoms with Crippen LogP contribution in [-0.2, 0) is 0 Å². The molecule has 1 aliphatic rings. The first-order chi connectivity index (χ1) is 11.2. The van der Waals surface area contributed by atoms with Crippen LogP contribution < -0.4 is 4.90 Å². The molecule has 0 atom stereocenters. The Labute approximate surface area is 148 Å². The summed E-state index contributed by atoms with van der Waals surface area (Å²) in [5.74, 6) is 0.876. The van der Waals surface area contributed by atoms with Crippen LogP contribution in [0.1, 0.15) is 0 Å². The van der Waals surface area contributed by atoms with E-state index in [4.69, 9.17) is 0 Å². The number of halogens is 1. The molecule has 1 fully saturated rings. The van der Waals surface area contributed by atoms with E-state index in [0.29, 0.717) is 0 Å². The van der Waals surface area contributed by atoms with Gasteiger partial charge in [0.05, 0.1) is 0 Å². The molecule has 4 rings (SSSR count). The molecule has 0 radical (unpaired) electrons. The summed E-state index contributed by atoms with van der Waals surface area (Å²) >= 11 is 2.29. The number of aromatic amines is 1. The Kier molecular flexibility index (Phi) is 3.94. The second kappa shape index (κ2) is 6.09. The average Bonchev–Trinajstić information content (AvgIpc) is 3.01. The lowest BCUT2D eigenvalue weighted by molar-refractivity contribution is 0.313. The van der Waals surface area contributed by atoms with Crippen LogP contribution in [0.25, 0.3) is 22.6 Å². The highest BCUT2D eigenvalue weighted by Crippen LogP contribution is 2.25. The van der Waals surface area contributed by atoms with Crippen molar-refractivity contribution in [3.8, 4) is 11.4 Å². The smallest absolute Gasteiger partial charge is 0.158 e. The SMILES string of the molecule is CN1CCN(c2ccc(-c3nc4c(I)ccnc4[nH]3)cc2)CC1. The third-order valence-electron chi connectivity index (χ3n) is 4.34. The molecule has 5 nitrogen and oxygen atoms in total. The maximum atomic E-state index is 4.69. The fourth-order valence-electron chi connectivity index (χ4n) is 2.91. The number of anilines is 1. The largest absolute Gasteiger partial charge is 0.369 e. The summed E-state index contributed by atoms with van der Waals surface area (Å²) in [6, 6.07) is 10.6. The second-order valence-electron chi connectivity index (χ2n) is 5.91. The Morgan fingerprint density at radius 1 is 1.04 bits per heavy atom. The van der Waals surface area contributed by atoms with Crippen LogP contribution in [0.5, 0.6) is 0 Å². The van der Waals surface area contributed by atoms with Crippen molar-refractivity contribution < 1.29 is 0 Å². The van der Waals surface area contributed by atoms with Gasteiger partial charge in [0.2, 0.25) is 0 Å². The van der Waals surface area contributed by atoms with Gasteiger partial charge < -0.3 is 14.8 Å². The summed E-state index contributed by atoms with van der Waals surface area (Å²) in [5, 5.41) is 0. The van der Waals surface area contributed by atoms with Crippen molar-refractivity contribution in [3.63, 3.8) is 0 Å². The number of piperazine rings is 1. The fraction of sp³-hybridized carbons (Fsp3) is 0.294. The van der Waals surface area contributed by atoms with Crippen molar-refractivity contribution in [1.29, 1.82) is 0 Å². The maximum absolute atomic E-state index is 4.69. The van der Waals surface area contributed by atoms with Gasteiger partial charge in [0.15, 0.2) is 5.65 Å². The van der Waals surface area contributed by atoms with Crippen molar-refractivity contribution in [2.75, 3.05) is 38.1 Å². The van der Waals surface area contributed by atoms with Crippen LogP contribution in [0.2, 0.25) is 0 Å².